The molecule has 0 bridgehead atoms. The molecule has 1 atom stereocenters. The first-order chi connectivity index (χ1) is 4.48. The number of hydrogen-bond donors (Lipinski definition) is 0. The van der Waals surface area contributed by atoms with E-state index in [1.165, 1.54) is 0 Å². The van der Waals surface area contributed by atoms with Crippen molar-refractivity contribution in [1.82, 2.24) is 0 Å². The zero-order valence-corrected chi connectivity index (χ0v) is 6.18. The zero-order valence-electron chi connectivity index (χ0n) is 4.55. The Morgan fingerprint density at radius 1 is 1.60 bits per heavy atom. The molecule has 10 heavy (non-hydrogen) atoms. The molecule has 0 rings (SSSR count). The van der Waals surface area contributed by atoms with E-state index in [-0.39, 0.29) is 0 Å². The molecule has 0 aromatic heterocycles. The lowest BCUT2D eigenvalue weighted by atomic mass is 11.2. The van der Waals surface area contributed by atoms with Crippen molar-refractivity contribution in [2.45, 2.75) is 0 Å². The van der Waals surface area contributed by atoms with Crippen LogP contribution in [0.5, 0.6) is 0 Å². The maximum absolute atomic E-state index is 10.1. The summed E-state index contributed by atoms with van der Waals surface area (Å²) in [7, 11) is -4.46. The van der Waals surface area contributed by atoms with Gasteiger partial charge in [0.1, 0.15) is 17.6 Å². The van der Waals surface area contributed by atoms with Crippen LogP contribution in [0.4, 0.5) is 0 Å². The molecule has 0 spiro atoms. The van der Waals surface area contributed by atoms with Crippen molar-refractivity contribution in [2.24, 2.45) is 0 Å². The van der Waals surface area contributed by atoms with Gasteiger partial charge in [0.05, 0.1) is 0 Å². The molecule has 60 valence electrons. The second kappa shape index (κ2) is 3.66. The number of rotatable bonds is 4. The van der Waals surface area contributed by atoms with E-state index < -0.39 is 21.8 Å². The van der Waals surface area contributed by atoms with Crippen molar-refractivity contribution in [3.05, 3.63) is 12.8 Å². The van der Waals surface area contributed by atoms with Crippen molar-refractivity contribution >= 4 is 21.8 Å². The molecular weight excluding hydrogens is 184 g/mol. The van der Waals surface area contributed by atoms with Gasteiger partial charge in [-0.15, -0.1) is 3.63 Å². The Bertz CT molecular complexity index is 226. The van der Waals surface area contributed by atoms with Gasteiger partial charge in [0, 0.05) is 0 Å². The third-order valence-corrected chi connectivity index (χ3v) is 1.81. The smallest absolute Gasteiger partial charge is 0.460 e. The third-order valence-electron chi connectivity index (χ3n) is 0.325. The molecule has 0 aliphatic carbocycles. The minimum absolute atomic E-state index is 0.530. The maximum atomic E-state index is 10.1. The predicted molar refractivity (Wildman–Crippen MR) is 30.2 cm³/mol. The van der Waals surface area contributed by atoms with Crippen molar-refractivity contribution in [3.63, 3.8) is 0 Å². The van der Waals surface area contributed by atoms with Crippen LogP contribution < -0.4 is 0 Å². The van der Waals surface area contributed by atoms with Gasteiger partial charge in [-0.3, -0.25) is 0 Å². The van der Waals surface area contributed by atoms with Crippen molar-refractivity contribution < 1.29 is 25.0 Å². The van der Waals surface area contributed by atoms with E-state index in [2.05, 4.69) is 14.4 Å². The van der Waals surface area contributed by atoms with Crippen LogP contribution in [-0.2, 0) is 29.6 Å². The van der Waals surface area contributed by atoms with Crippen molar-refractivity contribution in [1.29, 1.82) is 0 Å². The highest BCUT2D eigenvalue weighted by molar-refractivity contribution is 7.92. The first-order valence-corrected chi connectivity index (χ1v) is 4.14. The van der Waals surface area contributed by atoms with Crippen LogP contribution in [0.3, 0.4) is 0 Å². The van der Waals surface area contributed by atoms with Gasteiger partial charge in [-0.1, -0.05) is 6.58 Å². The van der Waals surface area contributed by atoms with E-state index in [0.717, 1.165) is 0 Å². The van der Waals surface area contributed by atoms with Crippen LogP contribution in [0, 0.1) is 0 Å². The highest BCUT2D eigenvalue weighted by Crippen LogP contribution is 1.96. The maximum Gasteiger partial charge on any atom is 0.460 e. The zero-order chi connectivity index (χ0) is 8.20. The molecule has 0 aliphatic rings. The fourth-order valence-electron chi connectivity index (χ4n) is 0.167. The lowest BCUT2D eigenvalue weighted by Gasteiger charge is -2.02. The topological polar surface area (TPSA) is 92.7 Å². The Balaban J connectivity index is 4.14. The summed E-state index contributed by atoms with van der Waals surface area (Å²) < 4.78 is 46.3. The van der Waals surface area contributed by atoms with E-state index in [9.17, 15) is 17.2 Å². The molecule has 0 aromatic carbocycles. The molecule has 0 fully saturated rings. The second-order valence-electron chi connectivity index (χ2n) is 0.943. The van der Waals surface area contributed by atoms with E-state index in [0.29, 0.717) is 6.26 Å². The van der Waals surface area contributed by atoms with E-state index >= 15 is 0 Å². The molecule has 1 unspecified atom stereocenters. The standard InChI is InChI=1S/C2H4O6S2/c1-2-7-10(5,6)8-9(3)4/h2H,1H2,(H,3,4)/p-1. The van der Waals surface area contributed by atoms with Gasteiger partial charge >= 0.3 is 10.4 Å². The molecule has 6 nitrogen and oxygen atoms in total. The fraction of sp³-hybridized carbons (Fsp3) is 0. The molecule has 0 amide bonds. The van der Waals surface area contributed by atoms with Crippen LogP contribution in [0.2, 0.25) is 0 Å². The summed E-state index contributed by atoms with van der Waals surface area (Å²) >= 11 is -3.15. The van der Waals surface area contributed by atoms with E-state index in [4.69, 9.17) is 0 Å². The van der Waals surface area contributed by atoms with Crippen LogP contribution in [0.25, 0.3) is 0 Å². The molecule has 8 heteroatoms. The minimum Gasteiger partial charge on any atom is -0.749 e. The lowest BCUT2D eigenvalue weighted by Crippen LogP contribution is -2.08. The summed E-state index contributed by atoms with van der Waals surface area (Å²) in [5, 5.41) is 0. The third kappa shape index (κ3) is 4.44. The summed E-state index contributed by atoms with van der Waals surface area (Å²) in [6.07, 6.45) is 0.530. The minimum atomic E-state index is -4.46. The molecule has 0 N–H and O–H groups in total. The highest BCUT2D eigenvalue weighted by atomic mass is 32.3. The van der Waals surface area contributed by atoms with Gasteiger partial charge in [0.2, 0.25) is 0 Å². The molecule has 0 aromatic rings. The van der Waals surface area contributed by atoms with Crippen LogP contribution in [0.15, 0.2) is 12.8 Å². The fourth-order valence-corrected chi connectivity index (χ4v) is 1.01. The van der Waals surface area contributed by atoms with Gasteiger partial charge in [-0.25, -0.2) is 4.21 Å². The Morgan fingerprint density at radius 3 is 2.40 bits per heavy atom. The van der Waals surface area contributed by atoms with Gasteiger partial charge in [-0.05, 0) is 0 Å². The molecular formula is C2H3O6S2-. The molecule has 0 aliphatic heterocycles. The molecule has 0 saturated carbocycles. The second-order valence-corrected chi connectivity index (χ2v) is 2.90. The predicted octanol–water partition coefficient (Wildman–Crippen LogP) is -0.798. The SMILES string of the molecule is C=COS(=O)(=O)OS(=O)[O-]. The molecule has 0 radical (unpaired) electrons. The van der Waals surface area contributed by atoms with Gasteiger partial charge < -0.3 is 8.74 Å². The Labute approximate surface area is 60.3 Å². The first kappa shape index (κ1) is 9.56. The molecule has 0 saturated heterocycles. The Hall–Kier alpha value is -0.440. The summed E-state index contributed by atoms with van der Waals surface area (Å²) in [6.45, 7) is 2.87. The van der Waals surface area contributed by atoms with E-state index in [1.54, 1.807) is 0 Å². The Kier molecular flexibility index (Phi) is 3.50. The average Bonchev–Trinajstić information content (AvgIpc) is 1.59. The van der Waals surface area contributed by atoms with Crippen LogP contribution >= 0.6 is 0 Å². The normalized spacial score (nSPS) is 14.1. The Morgan fingerprint density at radius 2 is 2.10 bits per heavy atom. The summed E-state index contributed by atoms with van der Waals surface area (Å²) in [5.74, 6) is 0. The average molecular weight is 187 g/mol. The lowest BCUT2D eigenvalue weighted by molar-refractivity contribution is 0.352. The van der Waals surface area contributed by atoms with E-state index in [1.807, 2.05) is 0 Å². The summed E-state index contributed by atoms with van der Waals surface area (Å²) in [5.41, 5.74) is 0. The first-order valence-electron chi connectivity index (χ1n) is 1.81. The summed E-state index contributed by atoms with van der Waals surface area (Å²) in [6, 6.07) is 0. The van der Waals surface area contributed by atoms with Crippen molar-refractivity contribution in [2.75, 3.05) is 0 Å². The van der Waals surface area contributed by atoms with Gasteiger partial charge in [0.25, 0.3) is 0 Å². The van der Waals surface area contributed by atoms with Gasteiger partial charge in [0.15, 0.2) is 0 Å². The van der Waals surface area contributed by atoms with Crippen molar-refractivity contribution in [3.8, 4) is 0 Å². The highest BCUT2D eigenvalue weighted by Gasteiger charge is 2.09. The number of hydrogen-bond acceptors (Lipinski definition) is 6. The monoisotopic (exact) mass is 187 g/mol. The van der Waals surface area contributed by atoms with Crippen LogP contribution in [-0.4, -0.2) is 17.2 Å². The van der Waals surface area contributed by atoms with Crippen LogP contribution in [0.1, 0.15) is 0 Å². The molecule has 0 heterocycles. The summed E-state index contributed by atoms with van der Waals surface area (Å²) in [4.78, 5) is 0. The quantitative estimate of drug-likeness (QED) is 0.422. The van der Waals surface area contributed by atoms with Gasteiger partial charge in [-0.2, -0.15) is 8.42 Å². The largest absolute Gasteiger partial charge is 0.749 e.